The van der Waals surface area contributed by atoms with Crippen molar-refractivity contribution in [3.63, 3.8) is 0 Å². The molecule has 2 N–H and O–H groups in total. The number of benzene rings is 1. The normalized spacial score (nSPS) is 14.1. The van der Waals surface area contributed by atoms with E-state index in [0.29, 0.717) is 6.54 Å². The third-order valence-electron chi connectivity index (χ3n) is 5.58. The number of fused-ring (bicyclic) bond motifs is 1. The molecule has 1 aliphatic heterocycles. The zero-order valence-electron chi connectivity index (χ0n) is 20.8. The lowest BCUT2D eigenvalue weighted by atomic mass is 10.1. The van der Waals surface area contributed by atoms with Crippen LogP contribution in [-0.4, -0.2) is 65.3 Å². The molecule has 0 fully saturated rings. The Hall–Kier alpha value is -3.52. The van der Waals surface area contributed by atoms with Crippen LogP contribution in [0.4, 0.5) is 11.5 Å². The lowest BCUT2D eigenvalue weighted by molar-refractivity contribution is -0.117. The van der Waals surface area contributed by atoms with Crippen LogP contribution in [-0.2, 0) is 9.53 Å². The maximum atomic E-state index is 10.9. The minimum absolute atomic E-state index is 0.0417. The number of amides is 1. The monoisotopic (exact) mass is 462 g/mol. The summed E-state index contributed by atoms with van der Waals surface area (Å²) in [6.45, 7) is 9.49. The number of H-pyrrole nitrogens is 1. The Balaban J connectivity index is 0.000000481. The summed E-state index contributed by atoms with van der Waals surface area (Å²) in [4.78, 5) is 29.0. The summed E-state index contributed by atoms with van der Waals surface area (Å²) < 4.78 is 4.94. The summed E-state index contributed by atoms with van der Waals surface area (Å²) in [5, 5.41) is 4.33. The van der Waals surface area contributed by atoms with Crippen molar-refractivity contribution in [2.75, 3.05) is 32.6 Å². The predicted octanol–water partition coefficient (Wildman–Crippen LogP) is 4.74. The van der Waals surface area contributed by atoms with Crippen LogP contribution >= 0.6 is 0 Å². The Kier molecular flexibility index (Phi) is 8.17. The van der Waals surface area contributed by atoms with Gasteiger partial charge in [0.1, 0.15) is 17.8 Å². The molecule has 0 spiro atoms. The molecule has 0 bridgehead atoms. The highest BCUT2D eigenvalue weighted by atomic mass is 16.5. The summed E-state index contributed by atoms with van der Waals surface area (Å²) >= 11 is 0. The second-order valence-corrected chi connectivity index (χ2v) is 9.15. The number of aliphatic imine (C=N–C) groups is 1. The molecule has 1 aromatic carbocycles. The first kappa shape index (κ1) is 25.1. The van der Waals surface area contributed by atoms with Crippen LogP contribution in [0.2, 0.25) is 0 Å². The highest BCUT2D eigenvalue weighted by molar-refractivity contribution is 5.92. The van der Waals surface area contributed by atoms with E-state index in [0.717, 1.165) is 53.2 Å². The van der Waals surface area contributed by atoms with Crippen molar-refractivity contribution in [3.8, 4) is 0 Å². The van der Waals surface area contributed by atoms with Crippen molar-refractivity contribution < 1.29 is 9.53 Å². The molecule has 34 heavy (non-hydrogen) atoms. The molecular formula is C26H34N6O2. The smallest absolute Gasteiger partial charge is 0.209 e. The van der Waals surface area contributed by atoms with E-state index in [2.05, 4.69) is 56.5 Å². The lowest BCUT2D eigenvalue weighted by Crippen LogP contribution is -2.26. The SMILES string of the molecule is CN=Cc1cc(Nc2ncnc3[nH]c(C4=CCN(C=O)CC4)cc23)ccc1C.COC(C)(C)C. The number of hydrogen-bond acceptors (Lipinski definition) is 6. The molecule has 0 atom stereocenters. The van der Waals surface area contributed by atoms with E-state index in [9.17, 15) is 4.79 Å². The summed E-state index contributed by atoms with van der Waals surface area (Å²) in [7, 11) is 3.48. The Morgan fingerprint density at radius 2 is 2.00 bits per heavy atom. The number of nitrogens with one attached hydrogen (secondary N) is 2. The number of methoxy groups -OCH3 is 1. The van der Waals surface area contributed by atoms with E-state index in [1.54, 1.807) is 25.4 Å². The van der Waals surface area contributed by atoms with Gasteiger partial charge in [0, 0.05) is 44.8 Å². The second kappa shape index (κ2) is 11.1. The molecule has 0 radical (unpaired) electrons. The van der Waals surface area contributed by atoms with Gasteiger partial charge in [-0.3, -0.25) is 9.79 Å². The summed E-state index contributed by atoms with van der Waals surface area (Å²) in [5.41, 5.74) is 6.22. The van der Waals surface area contributed by atoms with E-state index in [1.165, 1.54) is 11.1 Å². The third kappa shape index (κ3) is 6.51. The number of anilines is 2. The van der Waals surface area contributed by atoms with Gasteiger partial charge in [0.25, 0.3) is 0 Å². The highest BCUT2D eigenvalue weighted by Gasteiger charge is 2.15. The Morgan fingerprint density at radius 1 is 1.24 bits per heavy atom. The van der Waals surface area contributed by atoms with Gasteiger partial charge >= 0.3 is 0 Å². The average Bonchev–Trinajstić information content (AvgIpc) is 3.27. The van der Waals surface area contributed by atoms with Gasteiger partial charge in [-0.2, -0.15) is 0 Å². The first-order chi connectivity index (χ1) is 16.2. The van der Waals surface area contributed by atoms with Gasteiger partial charge in [-0.15, -0.1) is 0 Å². The van der Waals surface area contributed by atoms with Gasteiger partial charge in [-0.05, 0) is 69.0 Å². The Morgan fingerprint density at radius 3 is 2.62 bits per heavy atom. The predicted molar refractivity (Wildman–Crippen MR) is 139 cm³/mol. The van der Waals surface area contributed by atoms with Crippen LogP contribution in [0.25, 0.3) is 16.6 Å². The number of aromatic nitrogens is 3. The van der Waals surface area contributed by atoms with E-state index in [4.69, 9.17) is 4.74 Å². The molecule has 0 saturated carbocycles. The van der Waals surface area contributed by atoms with Gasteiger partial charge in [-0.25, -0.2) is 9.97 Å². The van der Waals surface area contributed by atoms with Crippen LogP contribution < -0.4 is 5.32 Å². The molecule has 8 heteroatoms. The summed E-state index contributed by atoms with van der Waals surface area (Å²) in [5.74, 6) is 0.752. The minimum atomic E-state index is 0.0417. The number of ether oxygens (including phenoxy) is 1. The molecule has 0 aliphatic carbocycles. The van der Waals surface area contributed by atoms with Crippen LogP contribution in [0.1, 0.15) is 44.0 Å². The van der Waals surface area contributed by atoms with Crippen molar-refractivity contribution in [2.24, 2.45) is 4.99 Å². The number of nitrogens with zero attached hydrogens (tertiary/aromatic N) is 4. The Labute approximate surface area is 201 Å². The zero-order valence-corrected chi connectivity index (χ0v) is 20.8. The number of hydrogen-bond donors (Lipinski definition) is 2. The molecule has 3 aromatic rings. The summed E-state index contributed by atoms with van der Waals surface area (Å²) in [6.07, 6.45) is 7.20. The first-order valence-electron chi connectivity index (χ1n) is 11.3. The molecule has 180 valence electrons. The van der Waals surface area contributed by atoms with Crippen molar-refractivity contribution in [1.29, 1.82) is 0 Å². The fourth-order valence-corrected chi connectivity index (χ4v) is 3.37. The third-order valence-corrected chi connectivity index (χ3v) is 5.58. The van der Waals surface area contributed by atoms with E-state index >= 15 is 0 Å². The molecule has 0 saturated heterocycles. The molecule has 3 heterocycles. The van der Waals surface area contributed by atoms with E-state index in [-0.39, 0.29) is 5.60 Å². The second-order valence-electron chi connectivity index (χ2n) is 9.15. The van der Waals surface area contributed by atoms with Crippen molar-refractivity contribution in [3.05, 3.63) is 53.5 Å². The highest BCUT2D eigenvalue weighted by Crippen LogP contribution is 2.29. The Bertz CT molecular complexity index is 1190. The van der Waals surface area contributed by atoms with Crippen molar-refractivity contribution >= 4 is 40.7 Å². The van der Waals surface area contributed by atoms with Gasteiger partial charge in [0.2, 0.25) is 6.41 Å². The summed E-state index contributed by atoms with van der Waals surface area (Å²) in [6, 6.07) is 8.22. The fourth-order valence-electron chi connectivity index (χ4n) is 3.37. The first-order valence-corrected chi connectivity index (χ1v) is 11.3. The van der Waals surface area contributed by atoms with Crippen molar-refractivity contribution in [2.45, 2.75) is 39.7 Å². The van der Waals surface area contributed by atoms with Gasteiger partial charge in [0.05, 0.1) is 11.0 Å². The molecule has 1 aliphatic rings. The average molecular weight is 463 g/mol. The largest absolute Gasteiger partial charge is 0.379 e. The number of carbonyl (C=O) groups excluding carboxylic acids is 1. The lowest BCUT2D eigenvalue weighted by Gasteiger charge is -2.21. The van der Waals surface area contributed by atoms with Crippen LogP contribution in [0.3, 0.4) is 0 Å². The fraction of sp³-hybridized carbons (Fsp3) is 0.385. The van der Waals surface area contributed by atoms with Crippen LogP contribution in [0.15, 0.2) is 41.7 Å². The van der Waals surface area contributed by atoms with Crippen molar-refractivity contribution in [1.82, 2.24) is 19.9 Å². The number of aromatic amines is 1. The van der Waals surface area contributed by atoms with Gasteiger partial charge in [-0.1, -0.05) is 12.1 Å². The molecule has 4 rings (SSSR count). The number of carbonyl (C=O) groups is 1. The maximum Gasteiger partial charge on any atom is 0.209 e. The number of rotatable bonds is 5. The molecule has 2 aromatic heterocycles. The topological polar surface area (TPSA) is 95.5 Å². The maximum absolute atomic E-state index is 10.9. The zero-order chi connectivity index (χ0) is 24.7. The van der Waals surface area contributed by atoms with Crippen LogP contribution in [0, 0.1) is 6.92 Å². The van der Waals surface area contributed by atoms with E-state index in [1.807, 2.05) is 33.1 Å². The quantitative estimate of drug-likeness (QED) is 0.422. The minimum Gasteiger partial charge on any atom is -0.379 e. The molecular weight excluding hydrogens is 428 g/mol. The van der Waals surface area contributed by atoms with Gasteiger partial charge < -0.3 is 19.9 Å². The molecule has 0 unspecified atom stereocenters. The van der Waals surface area contributed by atoms with Gasteiger partial charge in [0.15, 0.2) is 0 Å². The molecule has 8 nitrogen and oxygen atoms in total. The molecule has 1 amide bonds. The standard InChI is InChI=1S/C21H22N6O.C5H12O/c1-14-3-4-17(9-16(14)11-22-2)25-20-18-10-19(26-21(18)24-12-23-20)15-5-7-27(13-28)8-6-15;1-5(2,3)6-4/h3-5,9-13H,6-8H2,1-2H3,(H2,23,24,25,26);1-4H3. The van der Waals surface area contributed by atoms with Crippen LogP contribution in [0.5, 0.6) is 0 Å². The van der Waals surface area contributed by atoms with E-state index < -0.39 is 0 Å². The number of aryl methyl sites for hydroxylation is 1.